The average molecular weight is 223 g/mol. The first kappa shape index (κ1) is 11.2. The first-order chi connectivity index (χ1) is 3.00. The number of rotatable bonds is 0. The van der Waals surface area contributed by atoms with Gasteiger partial charge in [-0.25, -0.2) is 0 Å². The maximum absolute atomic E-state index is 2.89. The van der Waals surface area contributed by atoms with Crippen LogP contribution >= 0.6 is 17.0 Å². The van der Waals surface area contributed by atoms with Crippen molar-refractivity contribution >= 4 is 17.0 Å². The summed E-state index contributed by atoms with van der Waals surface area (Å²) in [6.07, 6.45) is 0. The Kier molecular flexibility index (Phi) is 10.2. The van der Waals surface area contributed by atoms with Gasteiger partial charge in [0, 0.05) is 19.5 Å². The van der Waals surface area contributed by atoms with Gasteiger partial charge in [0.1, 0.15) is 0 Å². The molecule has 0 bridgehead atoms. The van der Waals surface area contributed by atoms with Gasteiger partial charge in [0.05, 0.1) is 0 Å². The normalized spacial score (nSPS) is 6.00. The van der Waals surface area contributed by atoms with Crippen molar-refractivity contribution in [2.24, 2.45) is 0 Å². The summed E-state index contributed by atoms with van der Waals surface area (Å²) in [5, 5.41) is 0. The zero-order valence-corrected chi connectivity index (χ0v) is 9.18. The molecule has 0 unspecified atom stereocenters. The largest absolute Gasteiger partial charge is 0.184 e. The minimum Gasteiger partial charge on any atom is -0.184 e. The Hall–Kier alpha value is 0.323. The fourth-order valence-electron chi connectivity index (χ4n) is 0.342. The van der Waals surface area contributed by atoms with Gasteiger partial charge in [-0.1, -0.05) is 0 Å². The molecule has 1 aromatic rings. The van der Waals surface area contributed by atoms with Crippen LogP contribution in [0.5, 0.6) is 0 Å². The molecular formula is C6H6BrZn-. The van der Waals surface area contributed by atoms with Crippen molar-refractivity contribution in [2.75, 3.05) is 0 Å². The number of hydrogen-bond donors (Lipinski definition) is 0. The molecule has 40 valence electrons. The van der Waals surface area contributed by atoms with Crippen LogP contribution in [0.2, 0.25) is 0 Å². The van der Waals surface area contributed by atoms with Gasteiger partial charge in [0.25, 0.3) is 0 Å². The molecule has 0 saturated carbocycles. The van der Waals surface area contributed by atoms with Crippen LogP contribution in [0.25, 0.3) is 0 Å². The van der Waals surface area contributed by atoms with Crippen molar-refractivity contribution in [3.8, 4) is 0 Å². The summed E-state index contributed by atoms with van der Waals surface area (Å²) in [5.41, 5.74) is 0. The third kappa shape index (κ3) is 4.48. The predicted octanol–water partition coefficient (Wildman–Crippen LogP) is 2.06. The molecule has 1 aromatic carbocycles. The minimum absolute atomic E-state index is 0. The van der Waals surface area contributed by atoms with Crippen LogP contribution < -0.4 is 0 Å². The van der Waals surface area contributed by atoms with Crippen LogP contribution in [0.4, 0.5) is 0 Å². The molecule has 0 spiro atoms. The van der Waals surface area contributed by atoms with Gasteiger partial charge in [0.15, 0.2) is 0 Å². The molecule has 0 N–H and O–H groups in total. The molecule has 0 aliphatic carbocycles. The van der Waals surface area contributed by atoms with E-state index in [0.717, 1.165) is 0 Å². The monoisotopic (exact) mass is 221 g/mol. The van der Waals surface area contributed by atoms with Gasteiger partial charge in [-0.05, 0) is 0 Å². The Balaban J connectivity index is 0. The number of benzene rings is 1. The van der Waals surface area contributed by atoms with E-state index in [1.165, 1.54) is 0 Å². The fourth-order valence-corrected chi connectivity index (χ4v) is 0.342. The Bertz CT molecular complexity index is 80.5. The molecule has 2 heteroatoms. The van der Waals surface area contributed by atoms with Crippen LogP contribution in [-0.4, -0.2) is 0 Å². The van der Waals surface area contributed by atoms with E-state index in [-0.39, 0.29) is 36.5 Å². The summed E-state index contributed by atoms with van der Waals surface area (Å²) in [5.74, 6) is 0. The van der Waals surface area contributed by atoms with Crippen LogP contribution in [0.1, 0.15) is 0 Å². The third-order valence-electron chi connectivity index (χ3n) is 0.607. The molecule has 0 fully saturated rings. The van der Waals surface area contributed by atoms with E-state index in [4.69, 9.17) is 0 Å². The second-order valence-electron chi connectivity index (χ2n) is 1.08. The molecule has 1 rings (SSSR count). The van der Waals surface area contributed by atoms with Crippen molar-refractivity contribution in [3.05, 3.63) is 36.4 Å². The molecule has 0 atom stereocenters. The SMILES string of the molecule is Br.[Zn].[c-]1ccccc1. The summed E-state index contributed by atoms with van der Waals surface area (Å²) < 4.78 is 0. The molecule has 0 radical (unpaired) electrons. The summed E-state index contributed by atoms with van der Waals surface area (Å²) in [4.78, 5) is 0. The van der Waals surface area contributed by atoms with Crippen molar-refractivity contribution < 1.29 is 19.5 Å². The predicted molar refractivity (Wildman–Crippen MR) is 35.6 cm³/mol. The standard InChI is InChI=1S/C6H5.BrH.Zn/c1-2-4-6-5-3-1;;/h1-5H;1H;/q-1;;. The van der Waals surface area contributed by atoms with Gasteiger partial charge in [-0.15, -0.1) is 17.0 Å². The van der Waals surface area contributed by atoms with E-state index in [9.17, 15) is 0 Å². The molecule has 0 aromatic heterocycles. The summed E-state index contributed by atoms with van der Waals surface area (Å²) in [7, 11) is 0. The smallest absolute Gasteiger partial charge is 0 e. The first-order valence-electron chi connectivity index (χ1n) is 1.91. The molecular weight excluding hydrogens is 217 g/mol. The number of hydrogen-bond acceptors (Lipinski definition) is 0. The Morgan fingerprint density at radius 2 is 1.38 bits per heavy atom. The molecule has 0 amide bonds. The van der Waals surface area contributed by atoms with Crippen molar-refractivity contribution in [1.29, 1.82) is 0 Å². The van der Waals surface area contributed by atoms with Crippen LogP contribution in [-0.2, 0) is 19.5 Å². The minimum atomic E-state index is 0. The summed E-state index contributed by atoms with van der Waals surface area (Å²) >= 11 is 0. The number of halogens is 1. The van der Waals surface area contributed by atoms with E-state index in [0.29, 0.717) is 0 Å². The van der Waals surface area contributed by atoms with Gasteiger partial charge >= 0.3 is 0 Å². The van der Waals surface area contributed by atoms with E-state index < -0.39 is 0 Å². The van der Waals surface area contributed by atoms with Crippen LogP contribution in [0, 0.1) is 6.07 Å². The average Bonchev–Trinajstić information content (AvgIpc) is 1.72. The van der Waals surface area contributed by atoms with Crippen LogP contribution in [0.15, 0.2) is 30.3 Å². The molecule has 8 heavy (non-hydrogen) atoms. The van der Waals surface area contributed by atoms with Crippen LogP contribution in [0.3, 0.4) is 0 Å². The second kappa shape index (κ2) is 7.32. The zero-order valence-electron chi connectivity index (χ0n) is 4.50. The van der Waals surface area contributed by atoms with Gasteiger partial charge in [-0.2, -0.15) is 36.4 Å². The first-order valence-corrected chi connectivity index (χ1v) is 1.91. The van der Waals surface area contributed by atoms with E-state index in [1.54, 1.807) is 0 Å². The molecule has 0 aliphatic heterocycles. The van der Waals surface area contributed by atoms with Crippen molar-refractivity contribution in [2.45, 2.75) is 0 Å². The van der Waals surface area contributed by atoms with E-state index >= 15 is 0 Å². The Morgan fingerprint density at radius 1 is 0.875 bits per heavy atom. The fraction of sp³-hybridized carbons (Fsp3) is 0. The quantitative estimate of drug-likeness (QED) is 0.466. The van der Waals surface area contributed by atoms with E-state index in [2.05, 4.69) is 6.07 Å². The Labute approximate surface area is 72.8 Å². The maximum Gasteiger partial charge on any atom is 0 e. The zero-order chi connectivity index (χ0) is 4.24. The third-order valence-corrected chi connectivity index (χ3v) is 0.607. The van der Waals surface area contributed by atoms with Gasteiger partial charge in [-0.3, -0.25) is 0 Å². The summed E-state index contributed by atoms with van der Waals surface area (Å²) in [6, 6.07) is 12.5. The maximum atomic E-state index is 2.89. The molecule has 0 aliphatic rings. The molecule has 0 saturated heterocycles. The van der Waals surface area contributed by atoms with E-state index in [1.807, 2.05) is 30.3 Å². The topological polar surface area (TPSA) is 0 Å². The molecule has 0 heterocycles. The van der Waals surface area contributed by atoms with Crippen molar-refractivity contribution in [3.63, 3.8) is 0 Å². The molecule has 0 nitrogen and oxygen atoms in total. The Morgan fingerprint density at radius 3 is 1.50 bits per heavy atom. The van der Waals surface area contributed by atoms with Gasteiger partial charge in [0.2, 0.25) is 0 Å². The second-order valence-corrected chi connectivity index (χ2v) is 1.08. The van der Waals surface area contributed by atoms with Gasteiger partial charge < -0.3 is 0 Å². The summed E-state index contributed by atoms with van der Waals surface area (Å²) in [6.45, 7) is 0. The van der Waals surface area contributed by atoms with Crippen molar-refractivity contribution in [1.82, 2.24) is 0 Å².